The molecule has 0 amide bonds. The molecule has 0 atom stereocenters. The third-order valence-electron chi connectivity index (χ3n) is 3.49. The molecule has 23 heavy (non-hydrogen) atoms. The quantitative estimate of drug-likeness (QED) is 0.811. The van der Waals surface area contributed by atoms with Crippen LogP contribution >= 0.6 is 11.6 Å². The van der Waals surface area contributed by atoms with Gasteiger partial charge >= 0.3 is 0 Å². The molecule has 1 N–H and O–H groups in total. The van der Waals surface area contributed by atoms with E-state index in [-0.39, 0.29) is 0 Å². The first-order valence-electron chi connectivity index (χ1n) is 7.71. The molecule has 0 bridgehead atoms. The standard InChI is InChI=1S/C17H23ClN4O/c1-5-6-9-22(3)17-11-16(19-12(2)20-17)21-14-10-13(18)7-8-15(14)23-4/h7-8,10-11H,5-6,9H2,1-4H3,(H,19,20,21). The van der Waals surface area contributed by atoms with E-state index in [9.17, 15) is 0 Å². The van der Waals surface area contributed by atoms with E-state index in [1.807, 2.05) is 32.2 Å². The van der Waals surface area contributed by atoms with Crippen LogP contribution in [-0.4, -0.2) is 30.7 Å². The summed E-state index contributed by atoms with van der Waals surface area (Å²) in [5.74, 6) is 3.05. The summed E-state index contributed by atoms with van der Waals surface area (Å²) in [6.45, 7) is 5.03. The summed E-state index contributed by atoms with van der Waals surface area (Å²) in [5, 5.41) is 3.91. The molecule has 0 unspecified atom stereocenters. The number of hydrogen-bond acceptors (Lipinski definition) is 5. The van der Waals surface area contributed by atoms with Crippen LogP contribution in [0.15, 0.2) is 24.3 Å². The number of benzene rings is 1. The van der Waals surface area contributed by atoms with Crippen molar-refractivity contribution in [2.45, 2.75) is 26.7 Å². The van der Waals surface area contributed by atoms with Crippen LogP contribution in [0.2, 0.25) is 5.02 Å². The van der Waals surface area contributed by atoms with E-state index in [4.69, 9.17) is 16.3 Å². The smallest absolute Gasteiger partial charge is 0.142 e. The highest BCUT2D eigenvalue weighted by Crippen LogP contribution is 2.30. The number of aryl methyl sites for hydroxylation is 1. The van der Waals surface area contributed by atoms with Crippen molar-refractivity contribution in [1.82, 2.24) is 9.97 Å². The molecule has 0 radical (unpaired) electrons. The Labute approximate surface area is 142 Å². The number of ether oxygens (including phenoxy) is 1. The number of unbranched alkanes of at least 4 members (excludes halogenated alkanes) is 1. The average molecular weight is 335 g/mol. The Morgan fingerprint density at radius 1 is 1.26 bits per heavy atom. The summed E-state index contributed by atoms with van der Waals surface area (Å²) in [5.41, 5.74) is 0.778. The van der Waals surface area contributed by atoms with Crippen LogP contribution < -0.4 is 15.0 Å². The zero-order valence-electron chi connectivity index (χ0n) is 14.1. The molecule has 124 valence electrons. The molecule has 2 rings (SSSR count). The average Bonchev–Trinajstić information content (AvgIpc) is 2.52. The fourth-order valence-corrected chi connectivity index (χ4v) is 2.41. The predicted octanol–water partition coefficient (Wildman–Crippen LogP) is 4.43. The maximum Gasteiger partial charge on any atom is 0.142 e. The summed E-state index contributed by atoms with van der Waals surface area (Å²) < 4.78 is 5.36. The topological polar surface area (TPSA) is 50.3 Å². The number of methoxy groups -OCH3 is 1. The van der Waals surface area contributed by atoms with Crippen molar-refractivity contribution in [3.8, 4) is 5.75 Å². The zero-order valence-corrected chi connectivity index (χ0v) is 14.8. The highest BCUT2D eigenvalue weighted by Gasteiger charge is 2.09. The number of nitrogens with zero attached hydrogens (tertiary/aromatic N) is 3. The van der Waals surface area contributed by atoms with Gasteiger partial charge in [0.25, 0.3) is 0 Å². The van der Waals surface area contributed by atoms with E-state index in [2.05, 4.69) is 27.1 Å². The van der Waals surface area contributed by atoms with E-state index in [1.54, 1.807) is 13.2 Å². The summed E-state index contributed by atoms with van der Waals surface area (Å²) >= 11 is 6.07. The largest absolute Gasteiger partial charge is 0.495 e. The van der Waals surface area contributed by atoms with Gasteiger partial charge in [-0.2, -0.15) is 0 Å². The van der Waals surface area contributed by atoms with Crippen LogP contribution in [0.5, 0.6) is 5.75 Å². The second kappa shape index (κ2) is 8.02. The van der Waals surface area contributed by atoms with Gasteiger partial charge in [0, 0.05) is 24.7 Å². The maximum absolute atomic E-state index is 6.07. The molecule has 2 aromatic rings. The predicted molar refractivity (Wildman–Crippen MR) is 96.2 cm³/mol. The molecule has 1 aromatic carbocycles. The summed E-state index contributed by atoms with van der Waals surface area (Å²) in [6, 6.07) is 7.37. The lowest BCUT2D eigenvalue weighted by atomic mass is 10.3. The van der Waals surface area contributed by atoms with Gasteiger partial charge in [-0.3, -0.25) is 0 Å². The molecule has 0 fully saturated rings. The van der Waals surface area contributed by atoms with E-state index in [1.165, 1.54) is 0 Å². The Kier molecular flexibility index (Phi) is 6.04. The summed E-state index contributed by atoms with van der Waals surface area (Å²) in [7, 11) is 3.67. The van der Waals surface area contributed by atoms with Crippen LogP contribution in [0.3, 0.4) is 0 Å². The van der Waals surface area contributed by atoms with Gasteiger partial charge in [-0.1, -0.05) is 24.9 Å². The minimum atomic E-state index is 0.638. The third-order valence-corrected chi connectivity index (χ3v) is 3.72. The number of rotatable bonds is 7. The van der Waals surface area contributed by atoms with Crippen molar-refractivity contribution in [3.63, 3.8) is 0 Å². The molecule has 1 heterocycles. The number of aromatic nitrogens is 2. The first-order valence-corrected chi connectivity index (χ1v) is 8.08. The number of halogens is 1. The van der Waals surface area contributed by atoms with Gasteiger partial charge in [0.2, 0.25) is 0 Å². The Hall–Kier alpha value is -2.01. The van der Waals surface area contributed by atoms with E-state index in [0.29, 0.717) is 16.6 Å². The van der Waals surface area contributed by atoms with E-state index in [0.717, 1.165) is 36.7 Å². The molecule has 5 nitrogen and oxygen atoms in total. The molecule has 0 aliphatic heterocycles. The van der Waals surface area contributed by atoms with Gasteiger partial charge in [-0.15, -0.1) is 0 Å². The highest BCUT2D eigenvalue weighted by molar-refractivity contribution is 6.31. The van der Waals surface area contributed by atoms with Gasteiger partial charge < -0.3 is 15.0 Å². The summed E-state index contributed by atoms with van der Waals surface area (Å²) in [4.78, 5) is 11.1. The monoisotopic (exact) mass is 334 g/mol. The SMILES string of the molecule is CCCCN(C)c1cc(Nc2cc(Cl)ccc2OC)nc(C)n1. The highest BCUT2D eigenvalue weighted by atomic mass is 35.5. The number of hydrogen-bond donors (Lipinski definition) is 1. The number of anilines is 3. The third kappa shape index (κ3) is 4.73. The fraction of sp³-hybridized carbons (Fsp3) is 0.412. The Balaban J connectivity index is 2.26. The van der Waals surface area contributed by atoms with Crippen LogP contribution in [0.4, 0.5) is 17.3 Å². The van der Waals surface area contributed by atoms with Crippen LogP contribution in [0.1, 0.15) is 25.6 Å². The van der Waals surface area contributed by atoms with Crippen molar-refractivity contribution in [2.24, 2.45) is 0 Å². The fourth-order valence-electron chi connectivity index (χ4n) is 2.24. The summed E-state index contributed by atoms with van der Waals surface area (Å²) in [6.07, 6.45) is 2.28. The molecule has 0 saturated heterocycles. The van der Waals surface area contributed by atoms with E-state index >= 15 is 0 Å². The molecule has 0 aliphatic carbocycles. The number of nitrogens with one attached hydrogen (secondary N) is 1. The molecular formula is C17H23ClN4O. The van der Waals surface area contributed by atoms with Crippen molar-refractivity contribution >= 4 is 28.9 Å². The molecule has 6 heteroatoms. The van der Waals surface area contributed by atoms with Crippen LogP contribution in [0.25, 0.3) is 0 Å². The zero-order chi connectivity index (χ0) is 16.8. The minimum absolute atomic E-state index is 0.638. The van der Waals surface area contributed by atoms with Crippen molar-refractivity contribution < 1.29 is 4.74 Å². The molecule has 0 aliphatic rings. The first kappa shape index (κ1) is 17.3. The van der Waals surface area contributed by atoms with Gasteiger partial charge in [-0.05, 0) is 31.5 Å². The lowest BCUT2D eigenvalue weighted by Crippen LogP contribution is -2.20. The molecule has 0 spiro atoms. The second-order valence-electron chi connectivity index (χ2n) is 5.40. The van der Waals surface area contributed by atoms with Gasteiger partial charge in [0.05, 0.1) is 12.8 Å². The lowest BCUT2D eigenvalue weighted by molar-refractivity contribution is 0.417. The maximum atomic E-state index is 6.07. The molecule has 0 saturated carbocycles. The minimum Gasteiger partial charge on any atom is -0.495 e. The Morgan fingerprint density at radius 2 is 2.04 bits per heavy atom. The lowest BCUT2D eigenvalue weighted by Gasteiger charge is -2.19. The van der Waals surface area contributed by atoms with Crippen molar-refractivity contribution in [3.05, 3.63) is 35.1 Å². The van der Waals surface area contributed by atoms with Crippen LogP contribution in [-0.2, 0) is 0 Å². The van der Waals surface area contributed by atoms with Crippen molar-refractivity contribution in [2.75, 3.05) is 30.9 Å². The molecular weight excluding hydrogens is 312 g/mol. The van der Waals surface area contributed by atoms with Gasteiger partial charge in [0.15, 0.2) is 0 Å². The molecule has 1 aromatic heterocycles. The van der Waals surface area contributed by atoms with Gasteiger partial charge in [-0.25, -0.2) is 9.97 Å². The van der Waals surface area contributed by atoms with Gasteiger partial charge in [0.1, 0.15) is 23.2 Å². The second-order valence-corrected chi connectivity index (χ2v) is 5.84. The first-order chi connectivity index (χ1) is 11.0. The Bertz CT molecular complexity index is 663. The normalized spacial score (nSPS) is 10.5. The van der Waals surface area contributed by atoms with E-state index < -0.39 is 0 Å². The van der Waals surface area contributed by atoms with Crippen molar-refractivity contribution in [1.29, 1.82) is 0 Å². The Morgan fingerprint density at radius 3 is 2.74 bits per heavy atom. The van der Waals surface area contributed by atoms with Crippen LogP contribution in [0, 0.1) is 6.92 Å².